The van der Waals surface area contributed by atoms with E-state index in [-0.39, 0.29) is 18.7 Å². The number of rotatable bonds is 5. The van der Waals surface area contributed by atoms with Gasteiger partial charge in [-0.3, -0.25) is 9.59 Å². The van der Waals surface area contributed by atoms with Crippen LogP contribution in [0.5, 0.6) is 0 Å². The summed E-state index contributed by atoms with van der Waals surface area (Å²) in [5.74, 6) is -0.119. The second-order valence-corrected chi connectivity index (χ2v) is 5.19. The number of esters is 1. The number of ether oxygens (including phenoxy) is 1. The average Bonchev–Trinajstić information content (AvgIpc) is 3.04. The lowest BCUT2D eigenvalue weighted by molar-refractivity contribution is -0.141. The first-order valence-electron chi connectivity index (χ1n) is 7.48. The highest BCUT2D eigenvalue weighted by atomic mass is 16.5. The first kappa shape index (κ1) is 15.7. The fourth-order valence-corrected chi connectivity index (χ4v) is 2.23. The molecule has 6 heteroatoms. The summed E-state index contributed by atoms with van der Waals surface area (Å²) in [4.78, 5) is 27.2. The van der Waals surface area contributed by atoms with Gasteiger partial charge in [0.1, 0.15) is 5.52 Å². The number of oxazole rings is 1. The molecule has 0 aliphatic rings. The fraction of sp³-hybridized carbons (Fsp3) is 0.167. The Morgan fingerprint density at radius 1 is 1.08 bits per heavy atom. The average molecular weight is 324 g/mol. The topological polar surface area (TPSA) is 81.4 Å². The van der Waals surface area contributed by atoms with Crippen molar-refractivity contribution in [2.24, 2.45) is 0 Å². The molecule has 6 nitrogen and oxygen atoms in total. The van der Waals surface area contributed by atoms with Crippen LogP contribution in [0.3, 0.4) is 0 Å². The maximum absolute atomic E-state index is 11.8. The highest BCUT2D eigenvalue weighted by molar-refractivity contribution is 5.92. The maximum atomic E-state index is 11.8. The van der Waals surface area contributed by atoms with Gasteiger partial charge in [-0.05, 0) is 36.4 Å². The molecule has 1 N–H and O–H groups in total. The molecule has 1 heterocycles. The van der Waals surface area contributed by atoms with Crippen molar-refractivity contribution in [2.75, 3.05) is 12.4 Å². The van der Waals surface area contributed by atoms with E-state index in [0.29, 0.717) is 11.6 Å². The van der Waals surface area contributed by atoms with Gasteiger partial charge in [0.2, 0.25) is 11.8 Å². The summed E-state index contributed by atoms with van der Waals surface area (Å²) in [5.41, 5.74) is 2.99. The number of benzene rings is 2. The molecule has 1 amide bonds. The van der Waals surface area contributed by atoms with E-state index in [2.05, 4.69) is 15.0 Å². The zero-order valence-corrected chi connectivity index (χ0v) is 13.1. The molecule has 0 radical (unpaired) electrons. The summed E-state index contributed by atoms with van der Waals surface area (Å²) in [6, 6.07) is 14.7. The number of methoxy groups -OCH3 is 1. The van der Waals surface area contributed by atoms with Gasteiger partial charge in [-0.15, -0.1) is 0 Å². The summed E-state index contributed by atoms with van der Waals surface area (Å²) in [6.45, 7) is 0. The number of aromatic nitrogens is 1. The van der Waals surface area contributed by atoms with Gasteiger partial charge in [-0.1, -0.05) is 12.1 Å². The summed E-state index contributed by atoms with van der Waals surface area (Å²) >= 11 is 0. The van der Waals surface area contributed by atoms with Crippen LogP contribution < -0.4 is 5.32 Å². The summed E-state index contributed by atoms with van der Waals surface area (Å²) in [5, 5.41) is 2.73. The van der Waals surface area contributed by atoms with E-state index in [1.807, 2.05) is 36.4 Å². The van der Waals surface area contributed by atoms with Crippen molar-refractivity contribution in [1.82, 2.24) is 4.98 Å². The van der Waals surface area contributed by atoms with Crippen molar-refractivity contribution in [2.45, 2.75) is 12.8 Å². The molecule has 0 aliphatic heterocycles. The smallest absolute Gasteiger partial charge is 0.306 e. The van der Waals surface area contributed by atoms with Crippen molar-refractivity contribution < 1.29 is 18.7 Å². The molecule has 0 bridgehead atoms. The number of fused-ring (bicyclic) bond motifs is 1. The van der Waals surface area contributed by atoms with Gasteiger partial charge in [0.15, 0.2) is 5.58 Å². The van der Waals surface area contributed by atoms with Crippen LogP contribution in [0.15, 0.2) is 52.9 Å². The van der Waals surface area contributed by atoms with Crippen molar-refractivity contribution >= 4 is 28.7 Å². The third-order valence-electron chi connectivity index (χ3n) is 3.49. The molecule has 0 fully saturated rings. The van der Waals surface area contributed by atoms with Gasteiger partial charge in [0.05, 0.1) is 13.5 Å². The number of carbonyl (C=O) groups is 2. The standard InChI is InChI=1S/C18H16N2O4/c1-23-17(22)11-10-16(21)19-13-8-6-12(7-9-13)18-20-14-4-2-3-5-15(14)24-18/h2-9H,10-11H2,1H3,(H,19,21). The largest absolute Gasteiger partial charge is 0.469 e. The number of hydrogen-bond donors (Lipinski definition) is 1. The number of amides is 1. The van der Waals surface area contributed by atoms with E-state index >= 15 is 0 Å². The van der Waals surface area contributed by atoms with E-state index < -0.39 is 5.97 Å². The molecule has 0 spiro atoms. The van der Waals surface area contributed by atoms with Gasteiger partial charge < -0.3 is 14.5 Å². The highest BCUT2D eigenvalue weighted by Crippen LogP contribution is 2.25. The summed E-state index contributed by atoms with van der Waals surface area (Å²) < 4.78 is 10.2. The Morgan fingerprint density at radius 3 is 2.54 bits per heavy atom. The van der Waals surface area contributed by atoms with Gasteiger partial charge in [0, 0.05) is 17.7 Å². The quantitative estimate of drug-likeness (QED) is 0.728. The minimum Gasteiger partial charge on any atom is -0.469 e. The van der Waals surface area contributed by atoms with E-state index in [4.69, 9.17) is 4.42 Å². The van der Waals surface area contributed by atoms with Crippen LogP contribution in [0.1, 0.15) is 12.8 Å². The van der Waals surface area contributed by atoms with E-state index in [1.54, 1.807) is 12.1 Å². The van der Waals surface area contributed by atoms with Crippen LogP contribution in [0.4, 0.5) is 5.69 Å². The normalized spacial score (nSPS) is 10.5. The predicted octanol–water partition coefficient (Wildman–Crippen LogP) is 3.39. The molecule has 24 heavy (non-hydrogen) atoms. The highest BCUT2D eigenvalue weighted by Gasteiger charge is 2.09. The Balaban J connectivity index is 1.67. The predicted molar refractivity (Wildman–Crippen MR) is 89.3 cm³/mol. The van der Waals surface area contributed by atoms with Crippen LogP contribution >= 0.6 is 0 Å². The van der Waals surface area contributed by atoms with Crippen molar-refractivity contribution in [3.63, 3.8) is 0 Å². The SMILES string of the molecule is COC(=O)CCC(=O)Nc1ccc(-c2nc3ccccc3o2)cc1. The van der Waals surface area contributed by atoms with Crippen LogP contribution in [0, 0.1) is 0 Å². The van der Waals surface area contributed by atoms with Crippen LogP contribution in [-0.4, -0.2) is 24.0 Å². The van der Waals surface area contributed by atoms with E-state index in [1.165, 1.54) is 7.11 Å². The van der Waals surface area contributed by atoms with E-state index in [9.17, 15) is 9.59 Å². The molecule has 0 saturated heterocycles. The molecular weight excluding hydrogens is 308 g/mol. The number of anilines is 1. The lowest BCUT2D eigenvalue weighted by atomic mass is 10.2. The second kappa shape index (κ2) is 6.95. The van der Waals surface area contributed by atoms with Gasteiger partial charge in [-0.25, -0.2) is 4.98 Å². The Bertz CT molecular complexity index is 835. The number of nitrogens with one attached hydrogen (secondary N) is 1. The number of carbonyl (C=O) groups excluding carboxylic acids is 2. The third-order valence-corrected chi connectivity index (χ3v) is 3.49. The fourth-order valence-electron chi connectivity index (χ4n) is 2.23. The molecule has 2 aromatic carbocycles. The minimum atomic E-state index is -0.406. The third kappa shape index (κ3) is 3.60. The zero-order valence-electron chi connectivity index (χ0n) is 13.1. The Morgan fingerprint density at radius 2 is 1.83 bits per heavy atom. The van der Waals surface area contributed by atoms with Gasteiger partial charge in [0.25, 0.3) is 0 Å². The minimum absolute atomic E-state index is 0.0589. The number of hydrogen-bond acceptors (Lipinski definition) is 5. The number of para-hydroxylation sites is 2. The van der Waals surface area contributed by atoms with Crippen molar-refractivity contribution in [1.29, 1.82) is 0 Å². The second-order valence-electron chi connectivity index (χ2n) is 5.19. The molecular formula is C18H16N2O4. The lowest BCUT2D eigenvalue weighted by Gasteiger charge is -2.05. The van der Waals surface area contributed by atoms with Crippen LogP contribution in [-0.2, 0) is 14.3 Å². The molecule has 0 atom stereocenters. The van der Waals surface area contributed by atoms with Crippen LogP contribution in [0.25, 0.3) is 22.6 Å². The van der Waals surface area contributed by atoms with Gasteiger partial charge >= 0.3 is 5.97 Å². The van der Waals surface area contributed by atoms with Crippen LogP contribution in [0.2, 0.25) is 0 Å². The maximum Gasteiger partial charge on any atom is 0.306 e. The molecule has 1 aromatic heterocycles. The molecule has 0 unspecified atom stereocenters. The van der Waals surface area contributed by atoms with E-state index in [0.717, 1.165) is 16.7 Å². The molecule has 3 rings (SSSR count). The van der Waals surface area contributed by atoms with Gasteiger partial charge in [-0.2, -0.15) is 0 Å². The zero-order chi connectivity index (χ0) is 16.9. The molecule has 0 aliphatic carbocycles. The Hall–Kier alpha value is -3.15. The Kier molecular flexibility index (Phi) is 4.56. The lowest BCUT2D eigenvalue weighted by Crippen LogP contribution is -2.13. The first-order valence-corrected chi connectivity index (χ1v) is 7.48. The monoisotopic (exact) mass is 324 g/mol. The Labute approximate surface area is 138 Å². The first-order chi connectivity index (χ1) is 11.7. The molecule has 0 saturated carbocycles. The molecule has 122 valence electrons. The van der Waals surface area contributed by atoms with Crippen molar-refractivity contribution in [3.8, 4) is 11.5 Å². The number of nitrogens with zero attached hydrogens (tertiary/aromatic N) is 1. The van der Waals surface area contributed by atoms with Crippen molar-refractivity contribution in [3.05, 3.63) is 48.5 Å². The molecule has 3 aromatic rings. The summed E-state index contributed by atoms with van der Waals surface area (Å²) in [7, 11) is 1.30. The summed E-state index contributed by atoms with van der Waals surface area (Å²) in [6.07, 6.45) is 0.142.